The van der Waals surface area contributed by atoms with E-state index in [1.165, 1.54) is 35.9 Å². The lowest BCUT2D eigenvalue weighted by Gasteiger charge is -2.27. The monoisotopic (exact) mass is 489 g/mol. The third-order valence-electron chi connectivity index (χ3n) is 5.64. The summed E-state index contributed by atoms with van der Waals surface area (Å²) in [6.07, 6.45) is 1.50. The van der Waals surface area contributed by atoms with Crippen molar-refractivity contribution in [2.45, 2.75) is 0 Å². The highest BCUT2D eigenvalue weighted by Gasteiger charge is 2.27. The van der Waals surface area contributed by atoms with Crippen molar-refractivity contribution in [3.8, 4) is 39.0 Å². The Bertz CT molecular complexity index is 1410. The number of morpholine rings is 1. The number of thiophene rings is 1. The number of anilines is 2. The average Bonchev–Trinajstić information content (AvgIpc) is 3.53. The predicted octanol–water partition coefficient (Wildman–Crippen LogP) is 4.21. The molecule has 1 aliphatic rings. The van der Waals surface area contributed by atoms with Crippen LogP contribution in [0.3, 0.4) is 0 Å². The number of aromatic amines is 1. The van der Waals surface area contributed by atoms with Crippen molar-refractivity contribution in [2.24, 2.45) is 5.73 Å². The van der Waals surface area contributed by atoms with Gasteiger partial charge in [-0.3, -0.25) is 5.10 Å². The summed E-state index contributed by atoms with van der Waals surface area (Å²) in [6.45, 7) is 2.57. The minimum atomic E-state index is -0.738. The Labute approximate surface area is 204 Å². The van der Waals surface area contributed by atoms with Gasteiger partial charge in [-0.2, -0.15) is 10.4 Å². The summed E-state index contributed by atoms with van der Waals surface area (Å²) in [6, 6.07) is 13.0. The van der Waals surface area contributed by atoms with Gasteiger partial charge in [0.1, 0.15) is 23.2 Å². The zero-order chi connectivity index (χ0) is 24.4. The molecule has 0 atom stereocenters. The molecule has 11 heteroatoms. The molecule has 1 saturated heterocycles. The molecule has 2 amide bonds. The Morgan fingerprint density at radius 1 is 1.20 bits per heavy atom. The summed E-state index contributed by atoms with van der Waals surface area (Å²) >= 11 is 1.47. The van der Waals surface area contributed by atoms with Crippen LogP contribution in [-0.2, 0) is 4.74 Å². The van der Waals surface area contributed by atoms with Crippen LogP contribution in [0.5, 0.6) is 0 Å². The normalized spacial score (nSPS) is 13.4. The first-order valence-corrected chi connectivity index (χ1v) is 11.6. The van der Waals surface area contributed by atoms with E-state index in [1.807, 2.05) is 24.3 Å². The molecule has 0 aliphatic carbocycles. The standard InChI is InChI=1S/C24H20FN7O2S/c25-16-5-6-19(30-24(27)33)17(11-16)14-1-3-15(4-2-14)20-18(12-26)23(32-7-9-34-10-8-32)35-21(20)22-28-13-29-31-22/h1-6,11,13H,7-10H2,(H3,27,30,33)(H,28,29,31). The van der Waals surface area contributed by atoms with Crippen molar-refractivity contribution in [1.82, 2.24) is 15.2 Å². The lowest BCUT2D eigenvalue weighted by atomic mass is 9.97. The topological polar surface area (TPSA) is 133 Å². The molecule has 3 heterocycles. The second-order valence-electron chi connectivity index (χ2n) is 7.78. The minimum Gasteiger partial charge on any atom is -0.378 e. The van der Waals surface area contributed by atoms with Crippen molar-refractivity contribution in [2.75, 3.05) is 36.5 Å². The summed E-state index contributed by atoms with van der Waals surface area (Å²) in [5.74, 6) is 0.0638. The lowest BCUT2D eigenvalue weighted by Crippen LogP contribution is -2.36. The number of amides is 2. The second-order valence-corrected chi connectivity index (χ2v) is 8.78. The number of urea groups is 1. The van der Waals surface area contributed by atoms with Gasteiger partial charge in [-0.1, -0.05) is 24.3 Å². The minimum absolute atomic E-state index is 0.399. The summed E-state index contributed by atoms with van der Waals surface area (Å²) in [4.78, 5) is 18.6. The van der Waals surface area contributed by atoms with E-state index in [2.05, 4.69) is 31.5 Å². The zero-order valence-electron chi connectivity index (χ0n) is 18.4. The number of ether oxygens (including phenoxy) is 1. The third kappa shape index (κ3) is 4.44. The Hall–Kier alpha value is -4.27. The van der Waals surface area contributed by atoms with Gasteiger partial charge in [0.2, 0.25) is 0 Å². The maximum atomic E-state index is 14.0. The molecule has 4 N–H and O–H groups in total. The van der Waals surface area contributed by atoms with Crippen LogP contribution in [0.1, 0.15) is 5.56 Å². The first-order chi connectivity index (χ1) is 17.0. The Balaban J connectivity index is 1.61. The van der Waals surface area contributed by atoms with Crippen LogP contribution in [0.4, 0.5) is 19.9 Å². The molecule has 9 nitrogen and oxygen atoms in total. The number of carbonyl (C=O) groups is 1. The van der Waals surface area contributed by atoms with Crippen molar-refractivity contribution >= 4 is 28.1 Å². The largest absolute Gasteiger partial charge is 0.378 e. The summed E-state index contributed by atoms with van der Waals surface area (Å²) in [5, 5.41) is 20.5. The highest BCUT2D eigenvalue weighted by Crippen LogP contribution is 2.46. The molecule has 2 aromatic carbocycles. The molecule has 35 heavy (non-hydrogen) atoms. The van der Waals surface area contributed by atoms with Crippen LogP contribution in [0.25, 0.3) is 33.0 Å². The molecule has 1 fully saturated rings. The molecular formula is C24H20FN7O2S. The van der Waals surface area contributed by atoms with Gasteiger partial charge in [0, 0.05) is 24.2 Å². The number of rotatable bonds is 5. The fraction of sp³-hybridized carbons (Fsp3) is 0.167. The Morgan fingerprint density at radius 3 is 2.60 bits per heavy atom. The van der Waals surface area contributed by atoms with Crippen molar-refractivity contribution in [3.63, 3.8) is 0 Å². The first kappa shape index (κ1) is 22.5. The van der Waals surface area contributed by atoms with Crippen molar-refractivity contribution in [3.05, 3.63) is 60.2 Å². The fourth-order valence-electron chi connectivity index (χ4n) is 4.08. The van der Waals surface area contributed by atoms with Crippen LogP contribution >= 0.6 is 11.3 Å². The van der Waals surface area contributed by atoms with Gasteiger partial charge in [-0.15, -0.1) is 11.3 Å². The highest BCUT2D eigenvalue weighted by molar-refractivity contribution is 7.20. The number of primary amides is 1. The van der Waals surface area contributed by atoms with E-state index in [0.29, 0.717) is 54.5 Å². The number of carbonyl (C=O) groups excluding carboxylic acids is 1. The number of aromatic nitrogens is 3. The van der Waals surface area contributed by atoms with Gasteiger partial charge < -0.3 is 20.7 Å². The van der Waals surface area contributed by atoms with Crippen LogP contribution < -0.4 is 16.0 Å². The average molecular weight is 490 g/mol. The molecule has 176 valence electrons. The molecule has 5 rings (SSSR count). The number of nitrogens with zero attached hydrogens (tertiary/aromatic N) is 4. The van der Waals surface area contributed by atoms with E-state index < -0.39 is 11.8 Å². The smallest absolute Gasteiger partial charge is 0.316 e. The molecule has 0 spiro atoms. The van der Waals surface area contributed by atoms with Crippen LogP contribution in [0.2, 0.25) is 0 Å². The second kappa shape index (κ2) is 9.54. The van der Waals surface area contributed by atoms with Gasteiger partial charge in [0.15, 0.2) is 5.82 Å². The summed E-state index contributed by atoms with van der Waals surface area (Å²) < 4.78 is 19.5. The van der Waals surface area contributed by atoms with Gasteiger partial charge in [-0.25, -0.2) is 14.2 Å². The molecule has 0 radical (unpaired) electrons. The quantitative estimate of drug-likeness (QED) is 0.385. The lowest BCUT2D eigenvalue weighted by molar-refractivity contribution is 0.123. The van der Waals surface area contributed by atoms with Crippen LogP contribution in [0.15, 0.2) is 48.8 Å². The molecular weight excluding hydrogens is 469 g/mol. The van der Waals surface area contributed by atoms with Crippen molar-refractivity contribution < 1.29 is 13.9 Å². The van der Waals surface area contributed by atoms with Gasteiger partial charge >= 0.3 is 6.03 Å². The number of benzene rings is 2. The Kier molecular flexibility index (Phi) is 6.13. The van der Waals surface area contributed by atoms with E-state index >= 15 is 0 Å². The summed E-state index contributed by atoms with van der Waals surface area (Å²) in [7, 11) is 0. The molecule has 0 bridgehead atoms. The molecule has 0 unspecified atom stereocenters. The molecule has 4 aromatic rings. The number of nitrogens with one attached hydrogen (secondary N) is 2. The summed E-state index contributed by atoms with van der Waals surface area (Å²) in [5.41, 5.74) is 8.91. The zero-order valence-corrected chi connectivity index (χ0v) is 19.2. The number of hydrogen-bond acceptors (Lipinski definition) is 7. The van der Waals surface area contributed by atoms with Crippen LogP contribution in [-0.4, -0.2) is 47.5 Å². The van der Waals surface area contributed by atoms with Gasteiger partial charge in [0.05, 0.1) is 29.3 Å². The number of halogens is 1. The predicted molar refractivity (Wildman–Crippen MR) is 131 cm³/mol. The molecule has 0 saturated carbocycles. The fourth-order valence-corrected chi connectivity index (χ4v) is 5.34. The third-order valence-corrected chi connectivity index (χ3v) is 6.89. The Morgan fingerprint density at radius 2 is 1.94 bits per heavy atom. The SMILES string of the molecule is N#Cc1c(N2CCOCC2)sc(-c2nc[nH]n2)c1-c1ccc(-c2cc(F)ccc2NC(N)=O)cc1. The molecule has 1 aliphatic heterocycles. The number of hydrogen-bond donors (Lipinski definition) is 3. The van der Waals surface area contributed by atoms with E-state index in [1.54, 1.807) is 0 Å². The van der Waals surface area contributed by atoms with E-state index in [9.17, 15) is 14.4 Å². The molecule has 2 aromatic heterocycles. The first-order valence-electron chi connectivity index (χ1n) is 10.8. The van der Waals surface area contributed by atoms with Crippen LogP contribution in [0, 0.1) is 17.1 Å². The van der Waals surface area contributed by atoms with Crippen molar-refractivity contribution in [1.29, 1.82) is 5.26 Å². The van der Waals surface area contributed by atoms with E-state index in [0.717, 1.165) is 21.0 Å². The maximum Gasteiger partial charge on any atom is 0.316 e. The number of nitrogens with two attached hydrogens (primary N) is 1. The van der Waals surface area contributed by atoms with E-state index in [4.69, 9.17) is 10.5 Å². The van der Waals surface area contributed by atoms with Gasteiger partial charge in [-0.05, 0) is 29.3 Å². The number of nitriles is 1. The maximum absolute atomic E-state index is 14.0. The van der Waals surface area contributed by atoms with Gasteiger partial charge in [0.25, 0.3) is 0 Å². The number of H-pyrrole nitrogens is 1. The highest BCUT2D eigenvalue weighted by atomic mass is 32.1. The van der Waals surface area contributed by atoms with E-state index in [-0.39, 0.29) is 0 Å².